The average Bonchev–Trinajstić information content (AvgIpc) is 3.07. The van der Waals surface area contributed by atoms with Crippen molar-refractivity contribution in [3.63, 3.8) is 0 Å². The minimum absolute atomic E-state index is 0.808. The molecule has 1 aliphatic heterocycles. The van der Waals surface area contributed by atoms with Gasteiger partial charge in [-0.05, 0) is 49.4 Å². The molecule has 3 heterocycles. The maximum Gasteiger partial charge on any atom is 0.0486 e. The lowest BCUT2D eigenvalue weighted by Crippen LogP contribution is -2.40. The van der Waals surface area contributed by atoms with Crippen molar-refractivity contribution < 1.29 is 0 Å². The second-order valence-electron chi connectivity index (χ2n) is 8.66. The first-order valence-electron chi connectivity index (χ1n) is 11.0. The monoisotopic (exact) mass is 373 g/mol. The fourth-order valence-corrected chi connectivity index (χ4v) is 5.32. The lowest BCUT2D eigenvalue weighted by Gasteiger charge is -2.37. The van der Waals surface area contributed by atoms with Gasteiger partial charge in [-0.1, -0.05) is 43.5 Å². The van der Waals surface area contributed by atoms with Gasteiger partial charge < -0.3 is 4.57 Å². The van der Waals surface area contributed by atoms with Gasteiger partial charge in [0.2, 0.25) is 0 Å². The summed E-state index contributed by atoms with van der Waals surface area (Å²) < 4.78 is 2.60. The molecule has 0 bridgehead atoms. The fraction of sp³-hybridized carbons (Fsp3) is 0.480. The number of rotatable bonds is 4. The zero-order valence-corrected chi connectivity index (χ0v) is 17.0. The van der Waals surface area contributed by atoms with Gasteiger partial charge in [0.05, 0.1) is 0 Å². The highest BCUT2D eigenvalue weighted by atomic mass is 15.2. The van der Waals surface area contributed by atoms with Crippen molar-refractivity contribution >= 4 is 10.9 Å². The summed E-state index contributed by atoms with van der Waals surface area (Å²) in [5.41, 5.74) is 7.01. The largest absolute Gasteiger partial charge is 0.344 e. The third-order valence-corrected chi connectivity index (χ3v) is 6.88. The molecule has 1 aliphatic carbocycles. The fourth-order valence-electron chi connectivity index (χ4n) is 5.32. The van der Waals surface area contributed by atoms with Crippen LogP contribution in [0, 0.1) is 6.92 Å². The Balaban J connectivity index is 1.43. The Hall–Kier alpha value is -2.13. The molecule has 1 fully saturated rings. The van der Waals surface area contributed by atoms with Gasteiger partial charge in [0.1, 0.15) is 0 Å². The third-order valence-electron chi connectivity index (χ3n) is 6.88. The molecule has 5 rings (SSSR count). The average molecular weight is 374 g/mol. The van der Waals surface area contributed by atoms with Crippen LogP contribution in [0.25, 0.3) is 10.9 Å². The summed E-state index contributed by atoms with van der Waals surface area (Å²) in [4.78, 5) is 7.25. The Labute approximate surface area is 168 Å². The van der Waals surface area contributed by atoms with Gasteiger partial charge in [0.25, 0.3) is 0 Å². The van der Waals surface area contributed by atoms with Crippen molar-refractivity contribution in [2.75, 3.05) is 6.54 Å². The number of pyridine rings is 1. The Bertz CT molecular complexity index is 948. The van der Waals surface area contributed by atoms with Gasteiger partial charge in [-0.15, -0.1) is 0 Å². The minimum Gasteiger partial charge on any atom is -0.344 e. The summed E-state index contributed by atoms with van der Waals surface area (Å²) in [5.74, 6) is 0. The second-order valence-corrected chi connectivity index (χ2v) is 8.66. The first-order valence-corrected chi connectivity index (χ1v) is 11.0. The minimum atomic E-state index is 0.808. The molecule has 0 atom stereocenters. The molecule has 146 valence electrons. The van der Waals surface area contributed by atoms with Gasteiger partial charge in [-0.2, -0.15) is 0 Å². The number of fused-ring (bicyclic) bond motifs is 3. The molecule has 0 N–H and O–H groups in total. The van der Waals surface area contributed by atoms with E-state index in [1.54, 1.807) is 11.3 Å². The van der Waals surface area contributed by atoms with Crippen molar-refractivity contribution in [3.05, 3.63) is 65.1 Å². The van der Waals surface area contributed by atoms with Crippen molar-refractivity contribution in [1.82, 2.24) is 14.5 Å². The second kappa shape index (κ2) is 7.71. The molecule has 0 amide bonds. The topological polar surface area (TPSA) is 21.1 Å². The van der Waals surface area contributed by atoms with E-state index >= 15 is 0 Å². The van der Waals surface area contributed by atoms with E-state index in [0.717, 1.165) is 31.2 Å². The van der Waals surface area contributed by atoms with Crippen LogP contribution in [0.4, 0.5) is 0 Å². The number of hydrogen-bond donors (Lipinski definition) is 0. The summed E-state index contributed by atoms with van der Waals surface area (Å²) in [6.07, 6.45) is 11.3. The normalized spacial score (nSPS) is 18.5. The Morgan fingerprint density at radius 3 is 2.71 bits per heavy atom. The molecule has 2 aromatic heterocycles. The lowest BCUT2D eigenvalue weighted by molar-refractivity contribution is 0.140. The first-order chi connectivity index (χ1) is 13.8. The Morgan fingerprint density at radius 1 is 1.04 bits per heavy atom. The van der Waals surface area contributed by atoms with Crippen molar-refractivity contribution in [2.45, 2.75) is 71.0 Å². The molecule has 0 spiro atoms. The van der Waals surface area contributed by atoms with Crippen LogP contribution in [-0.2, 0) is 25.9 Å². The molecular formula is C25H31N3. The highest BCUT2D eigenvalue weighted by Crippen LogP contribution is 2.34. The van der Waals surface area contributed by atoms with Gasteiger partial charge in [-0.3, -0.25) is 9.88 Å². The molecule has 28 heavy (non-hydrogen) atoms. The van der Waals surface area contributed by atoms with E-state index in [1.807, 2.05) is 6.20 Å². The van der Waals surface area contributed by atoms with Crippen LogP contribution in [0.5, 0.6) is 0 Å². The molecule has 3 nitrogen and oxygen atoms in total. The van der Waals surface area contributed by atoms with Crippen LogP contribution in [0.2, 0.25) is 0 Å². The molecule has 3 aromatic rings. The van der Waals surface area contributed by atoms with Gasteiger partial charge in [0, 0.05) is 60.6 Å². The summed E-state index contributed by atoms with van der Waals surface area (Å²) in [5, 5.41) is 1.47. The number of para-hydroxylation sites is 1. The number of aryl methyl sites for hydroxylation is 3. The van der Waals surface area contributed by atoms with Gasteiger partial charge in [-0.25, -0.2) is 0 Å². The first kappa shape index (κ1) is 17.9. The SMILES string of the molecule is Cc1ccc(CCn2c3c(c4ccccc42)CN(C2CCCCC2)CC3)cn1. The summed E-state index contributed by atoms with van der Waals surface area (Å²) in [6.45, 7) is 5.46. The Morgan fingerprint density at radius 2 is 1.89 bits per heavy atom. The zero-order chi connectivity index (χ0) is 18.9. The van der Waals surface area contributed by atoms with Crippen LogP contribution in [-0.4, -0.2) is 27.0 Å². The van der Waals surface area contributed by atoms with Crippen molar-refractivity contribution in [2.24, 2.45) is 0 Å². The van der Waals surface area contributed by atoms with E-state index in [-0.39, 0.29) is 0 Å². The van der Waals surface area contributed by atoms with E-state index < -0.39 is 0 Å². The molecule has 0 unspecified atom stereocenters. The number of nitrogens with zero attached hydrogens (tertiary/aromatic N) is 3. The Kier molecular flexibility index (Phi) is 4.94. The standard InChI is InChI=1S/C25H31N3/c1-19-11-12-20(17-26-19)13-16-28-24-10-6-5-9-22(24)23-18-27(15-14-25(23)28)21-7-3-2-4-8-21/h5-6,9-12,17,21H,2-4,7-8,13-16,18H2,1H3. The van der Waals surface area contributed by atoms with E-state index in [9.17, 15) is 0 Å². The number of benzene rings is 1. The van der Waals surface area contributed by atoms with E-state index in [1.165, 1.54) is 61.5 Å². The molecule has 0 radical (unpaired) electrons. The molecular weight excluding hydrogens is 342 g/mol. The number of hydrogen-bond acceptors (Lipinski definition) is 2. The van der Waals surface area contributed by atoms with Crippen LogP contribution in [0.3, 0.4) is 0 Å². The summed E-state index contributed by atoms with van der Waals surface area (Å²) >= 11 is 0. The molecule has 1 aromatic carbocycles. The quantitative estimate of drug-likeness (QED) is 0.620. The summed E-state index contributed by atoms with van der Waals surface area (Å²) in [6, 6.07) is 14.2. The van der Waals surface area contributed by atoms with Crippen molar-refractivity contribution in [1.29, 1.82) is 0 Å². The van der Waals surface area contributed by atoms with Gasteiger partial charge >= 0.3 is 0 Å². The highest BCUT2D eigenvalue weighted by molar-refractivity contribution is 5.85. The van der Waals surface area contributed by atoms with E-state index in [2.05, 4.69) is 57.8 Å². The van der Waals surface area contributed by atoms with Crippen LogP contribution in [0.1, 0.15) is 54.6 Å². The molecule has 1 saturated carbocycles. The smallest absolute Gasteiger partial charge is 0.0486 e. The van der Waals surface area contributed by atoms with Crippen LogP contribution in [0.15, 0.2) is 42.6 Å². The maximum atomic E-state index is 4.47. The number of aromatic nitrogens is 2. The lowest BCUT2D eigenvalue weighted by atomic mass is 9.92. The molecule has 2 aliphatic rings. The van der Waals surface area contributed by atoms with Crippen LogP contribution >= 0.6 is 0 Å². The molecule has 3 heteroatoms. The summed E-state index contributed by atoms with van der Waals surface area (Å²) in [7, 11) is 0. The highest BCUT2D eigenvalue weighted by Gasteiger charge is 2.28. The van der Waals surface area contributed by atoms with Crippen LogP contribution < -0.4 is 0 Å². The zero-order valence-electron chi connectivity index (χ0n) is 17.0. The predicted molar refractivity (Wildman–Crippen MR) is 116 cm³/mol. The van der Waals surface area contributed by atoms with Gasteiger partial charge in [0.15, 0.2) is 0 Å². The van der Waals surface area contributed by atoms with E-state index in [4.69, 9.17) is 0 Å². The van der Waals surface area contributed by atoms with E-state index in [0.29, 0.717) is 0 Å². The maximum absolute atomic E-state index is 4.47. The third kappa shape index (κ3) is 3.37. The molecule has 0 saturated heterocycles. The predicted octanol–water partition coefficient (Wildman–Crippen LogP) is 5.28. The van der Waals surface area contributed by atoms with Crippen molar-refractivity contribution in [3.8, 4) is 0 Å².